The number of nitrogens with zero attached hydrogens (tertiary/aromatic N) is 3. The lowest BCUT2D eigenvalue weighted by atomic mass is 10.1. The Bertz CT molecular complexity index is 691. The van der Waals surface area contributed by atoms with Crippen LogP contribution in [0.25, 0.3) is 0 Å². The molecule has 7 nitrogen and oxygen atoms in total. The Morgan fingerprint density at radius 3 is 2.36 bits per heavy atom. The van der Waals surface area contributed by atoms with E-state index in [1.165, 1.54) is 5.56 Å². The van der Waals surface area contributed by atoms with Gasteiger partial charge in [-0.1, -0.05) is 44.2 Å². The molecule has 158 valence electrons. The minimum atomic E-state index is -2.82. The lowest BCUT2D eigenvalue weighted by Gasteiger charge is -2.31. The van der Waals surface area contributed by atoms with Gasteiger partial charge in [0.2, 0.25) is 0 Å². The van der Waals surface area contributed by atoms with Crippen LogP contribution < -0.4 is 10.6 Å². The Balaban J connectivity index is 1.83. The summed E-state index contributed by atoms with van der Waals surface area (Å²) in [6, 6.07) is 10.8. The molecule has 0 saturated carbocycles. The van der Waals surface area contributed by atoms with Crippen molar-refractivity contribution in [2.75, 3.05) is 64.4 Å². The third kappa shape index (κ3) is 7.07. The van der Waals surface area contributed by atoms with Crippen molar-refractivity contribution < 1.29 is 8.42 Å². The van der Waals surface area contributed by atoms with Gasteiger partial charge in [0.1, 0.15) is 0 Å². The Kier molecular flexibility index (Phi) is 9.21. The second-order valence-electron chi connectivity index (χ2n) is 7.02. The molecule has 1 aliphatic heterocycles. The van der Waals surface area contributed by atoms with E-state index in [0.717, 1.165) is 38.7 Å². The molecule has 0 aromatic heterocycles. The highest BCUT2D eigenvalue weighted by Gasteiger charge is 2.21. The number of benzene rings is 1. The van der Waals surface area contributed by atoms with Gasteiger partial charge >= 0.3 is 0 Å². The number of nitrogens with one attached hydrogen (secondary N) is 2. The van der Waals surface area contributed by atoms with Crippen LogP contribution in [-0.2, 0) is 9.84 Å². The van der Waals surface area contributed by atoms with E-state index in [0.29, 0.717) is 13.1 Å². The number of guanidine groups is 1. The summed E-state index contributed by atoms with van der Waals surface area (Å²) < 4.78 is 23.0. The minimum absolute atomic E-state index is 0.266. The maximum absolute atomic E-state index is 11.5. The zero-order valence-electron chi connectivity index (χ0n) is 17.4. The van der Waals surface area contributed by atoms with Crippen LogP contribution in [0.15, 0.2) is 35.3 Å². The van der Waals surface area contributed by atoms with Gasteiger partial charge in [0.25, 0.3) is 0 Å². The van der Waals surface area contributed by atoms with Crippen molar-refractivity contribution in [2.24, 2.45) is 4.99 Å². The zero-order valence-corrected chi connectivity index (χ0v) is 18.2. The van der Waals surface area contributed by atoms with E-state index >= 15 is 0 Å². The van der Waals surface area contributed by atoms with Gasteiger partial charge in [-0.3, -0.25) is 14.8 Å². The van der Waals surface area contributed by atoms with Gasteiger partial charge in [0.05, 0.1) is 17.5 Å². The maximum atomic E-state index is 11.5. The molecule has 2 N–H and O–H groups in total. The monoisotopic (exact) mass is 409 g/mol. The van der Waals surface area contributed by atoms with Gasteiger partial charge in [-0.05, 0) is 18.7 Å². The predicted molar refractivity (Wildman–Crippen MR) is 117 cm³/mol. The first-order valence-electron chi connectivity index (χ1n) is 10.1. The molecule has 8 heteroatoms. The summed E-state index contributed by atoms with van der Waals surface area (Å²) in [5.74, 6) is 1.31. The van der Waals surface area contributed by atoms with Crippen LogP contribution in [0, 0.1) is 0 Å². The van der Waals surface area contributed by atoms with Crippen molar-refractivity contribution in [3.8, 4) is 0 Å². The molecule has 0 bridgehead atoms. The van der Waals surface area contributed by atoms with Gasteiger partial charge in [-0.25, -0.2) is 8.42 Å². The average molecular weight is 410 g/mol. The zero-order chi connectivity index (χ0) is 20.4. The molecular weight excluding hydrogens is 374 g/mol. The first kappa shape index (κ1) is 22.6. The molecule has 1 aromatic carbocycles. The highest BCUT2D eigenvalue weighted by atomic mass is 32.2. The van der Waals surface area contributed by atoms with Crippen LogP contribution in [0.5, 0.6) is 0 Å². The predicted octanol–water partition coefficient (Wildman–Crippen LogP) is 0.965. The number of sulfone groups is 1. The highest BCUT2D eigenvalue weighted by Crippen LogP contribution is 2.19. The van der Waals surface area contributed by atoms with Gasteiger partial charge < -0.3 is 10.6 Å². The fourth-order valence-corrected chi connectivity index (χ4v) is 4.79. The van der Waals surface area contributed by atoms with Gasteiger partial charge in [0, 0.05) is 39.8 Å². The van der Waals surface area contributed by atoms with Crippen molar-refractivity contribution in [2.45, 2.75) is 19.9 Å². The Labute approximate surface area is 170 Å². The first-order chi connectivity index (χ1) is 13.5. The Morgan fingerprint density at radius 1 is 1.14 bits per heavy atom. The molecule has 1 aromatic rings. The van der Waals surface area contributed by atoms with Crippen molar-refractivity contribution in [3.05, 3.63) is 35.9 Å². The molecule has 1 atom stereocenters. The molecule has 0 radical (unpaired) electrons. The quantitative estimate of drug-likeness (QED) is 0.467. The minimum Gasteiger partial charge on any atom is -0.355 e. The Morgan fingerprint density at radius 2 is 1.79 bits per heavy atom. The molecule has 0 amide bonds. The largest absolute Gasteiger partial charge is 0.355 e. The standard InChI is InChI=1S/C20H35N5O2S/c1-4-25(5-2)19(18-9-7-6-8-10-18)17-23-20(21-3)22-11-12-24-13-15-28(26,27)16-14-24/h6-10,19H,4-5,11-17H2,1-3H3,(H2,21,22,23). The first-order valence-corrected chi connectivity index (χ1v) is 12.0. The van der Waals surface area contributed by atoms with Crippen molar-refractivity contribution >= 4 is 15.8 Å². The van der Waals surface area contributed by atoms with Gasteiger partial charge in [-0.15, -0.1) is 0 Å². The molecular formula is C20H35N5O2S. The molecule has 0 aliphatic carbocycles. The Hall–Kier alpha value is -1.64. The van der Waals surface area contributed by atoms with Crippen molar-refractivity contribution in [1.29, 1.82) is 0 Å². The van der Waals surface area contributed by atoms with Crippen LogP contribution in [0.4, 0.5) is 0 Å². The van der Waals surface area contributed by atoms with E-state index in [2.05, 4.69) is 63.5 Å². The molecule has 1 unspecified atom stereocenters. The number of hydrogen-bond acceptors (Lipinski definition) is 5. The van der Waals surface area contributed by atoms with Gasteiger partial charge in [0.15, 0.2) is 15.8 Å². The lowest BCUT2D eigenvalue weighted by molar-refractivity contribution is 0.219. The normalized spacial score (nSPS) is 18.8. The summed E-state index contributed by atoms with van der Waals surface area (Å²) in [5.41, 5.74) is 1.30. The number of rotatable bonds is 9. The van der Waals surface area contributed by atoms with Gasteiger partial charge in [-0.2, -0.15) is 0 Å². The summed E-state index contributed by atoms with van der Waals surface area (Å²) in [6.45, 7) is 9.91. The molecule has 1 heterocycles. The fourth-order valence-electron chi connectivity index (χ4n) is 3.52. The molecule has 28 heavy (non-hydrogen) atoms. The summed E-state index contributed by atoms with van der Waals surface area (Å²) in [6.07, 6.45) is 0. The number of aliphatic imine (C=N–C) groups is 1. The number of hydrogen-bond donors (Lipinski definition) is 2. The van der Waals surface area contributed by atoms with Crippen LogP contribution in [-0.4, -0.2) is 88.5 Å². The molecule has 1 saturated heterocycles. The SMILES string of the molecule is CCN(CC)C(CNC(=NC)NCCN1CCS(=O)(=O)CC1)c1ccccc1. The second kappa shape index (κ2) is 11.4. The number of likely N-dealkylation sites (N-methyl/N-ethyl adjacent to an activating group) is 1. The van der Waals surface area contributed by atoms with Crippen LogP contribution in [0.1, 0.15) is 25.5 Å². The van der Waals surface area contributed by atoms with E-state index in [9.17, 15) is 8.42 Å². The topological polar surface area (TPSA) is 77.0 Å². The van der Waals surface area contributed by atoms with E-state index in [-0.39, 0.29) is 17.5 Å². The van der Waals surface area contributed by atoms with Crippen molar-refractivity contribution in [3.63, 3.8) is 0 Å². The second-order valence-corrected chi connectivity index (χ2v) is 9.32. The molecule has 1 aliphatic rings. The molecule has 2 rings (SSSR count). The summed E-state index contributed by atoms with van der Waals surface area (Å²) >= 11 is 0. The third-order valence-electron chi connectivity index (χ3n) is 5.28. The lowest BCUT2D eigenvalue weighted by Crippen LogP contribution is -2.47. The molecule has 1 fully saturated rings. The van der Waals surface area contributed by atoms with Crippen LogP contribution >= 0.6 is 0 Å². The summed E-state index contributed by atoms with van der Waals surface area (Å²) in [4.78, 5) is 8.95. The maximum Gasteiger partial charge on any atom is 0.191 e. The summed E-state index contributed by atoms with van der Waals surface area (Å²) in [7, 11) is -1.05. The fraction of sp³-hybridized carbons (Fsp3) is 0.650. The van der Waals surface area contributed by atoms with Crippen LogP contribution in [0.2, 0.25) is 0 Å². The van der Waals surface area contributed by atoms with Crippen molar-refractivity contribution in [1.82, 2.24) is 20.4 Å². The molecule has 0 spiro atoms. The van der Waals surface area contributed by atoms with Crippen LogP contribution in [0.3, 0.4) is 0 Å². The average Bonchev–Trinajstić information content (AvgIpc) is 2.71. The summed E-state index contributed by atoms with van der Waals surface area (Å²) in [5, 5.41) is 6.80. The smallest absolute Gasteiger partial charge is 0.191 e. The van der Waals surface area contributed by atoms with E-state index in [1.807, 2.05) is 6.07 Å². The van der Waals surface area contributed by atoms with E-state index in [4.69, 9.17) is 0 Å². The van der Waals surface area contributed by atoms with E-state index in [1.54, 1.807) is 7.05 Å². The van der Waals surface area contributed by atoms with E-state index < -0.39 is 9.84 Å². The highest BCUT2D eigenvalue weighted by molar-refractivity contribution is 7.91. The third-order valence-corrected chi connectivity index (χ3v) is 6.89.